The smallest absolute Gasteiger partial charge is 0.143 e. The largest absolute Gasteiger partial charge is 0.455 e. The first kappa shape index (κ1) is 27.8. The van der Waals surface area contributed by atoms with Crippen LogP contribution in [0.2, 0.25) is 0 Å². The van der Waals surface area contributed by atoms with E-state index in [0.29, 0.717) is 0 Å². The summed E-state index contributed by atoms with van der Waals surface area (Å²) < 4.78 is 7.66. The second kappa shape index (κ2) is 11.2. The molecule has 0 saturated carbocycles. The van der Waals surface area contributed by atoms with Gasteiger partial charge in [-0.1, -0.05) is 127 Å². The number of pyridine rings is 1. The Morgan fingerprint density at radius 3 is 1.98 bits per heavy atom. The summed E-state index contributed by atoms with van der Waals surface area (Å²) in [4.78, 5) is 8.29. The minimum absolute atomic E-state index is 0.907. The van der Waals surface area contributed by atoms with Crippen molar-refractivity contribution in [2.24, 2.45) is 0 Å². The van der Waals surface area contributed by atoms with Gasteiger partial charge in [0, 0.05) is 49.4 Å². The van der Waals surface area contributed by atoms with E-state index in [4.69, 9.17) is 9.40 Å². The molecule has 3 aromatic heterocycles. The third kappa shape index (κ3) is 4.53. The first-order valence-corrected chi connectivity index (χ1v) is 17.3. The molecule has 3 heterocycles. The van der Waals surface area contributed by atoms with Gasteiger partial charge in [0.15, 0.2) is 0 Å². The number of rotatable bonds is 5. The van der Waals surface area contributed by atoms with Crippen molar-refractivity contribution in [3.05, 3.63) is 170 Å². The molecule has 0 saturated heterocycles. The molecule has 0 aliphatic heterocycles. The van der Waals surface area contributed by atoms with Gasteiger partial charge in [-0.05, 0) is 63.9 Å². The van der Waals surface area contributed by atoms with Crippen LogP contribution in [0.5, 0.6) is 0 Å². The molecule has 0 amide bonds. The molecule has 10 rings (SSSR count). The van der Waals surface area contributed by atoms with E-state index in [1.807, 2.05) is 18.3 Å². The lowest BCUT2D eigenvalue weighted by atomic mass is 10.0. The average molecular weight is 645 g/mol. The maximum atomic E-state index is 6.40. The van der Waals surface area contributed by atoms with Gasteiger partial charge in [0.2, 0.25) is 0 Å². The Bertz CT molecular complexity index is 2810. The predicted octanol–water partition coefficient (Wildman–Crippen LogP) is 13.3. The maximum absolute atomic E-state index is 6.40. The zero-order valence-corrected chi connectivity index (χ0v) is 27.2. The van der Waals surface area contributed by atoms with Crippen molar-refractivity contribution in [3.63, 3.8) is 0 Å². The van der Waals surface area contributed by atoms with Crippen LogP contribution in [0.4, 0.5) is 17.1 Å². The molecule has 7 aromatic carbocycles. The molecule has 0 fully saturated rings. The number of furan rings is 1. The lowest BCUT2D eigenvalue weighted by Gasteiger charge is -2.26. The fourth-order valence-corrected chi connectivity index (χ4v) is 8.42. The quantitative estimate of drug-likeness (QED) is 0.187. The second-order valence-corrected chi connectivity index (χ2v) is 13.4. The van der Waals surface area contributed by atoms with E-state index in [1.54, 1.807) is 11.3 Å². The number of aromatic nitrogens is 1. The average Bonchev–Trinajstić information content (AvgIpc) is 3.75. The molecule has 0 aliphatic rings. The molecule has 0 bridgehead atoms. The van der Waals surface area contributed by atoms with Gasteiger partial charge in [0.1, 0.15) is 16.0 Å². The highest BCUT2D eigenvalue weighted by atomic mass is 32.1. The fourth-order valence-electron chi connectivity index (χ4n) is 7.22. The summed E-state index contributed by atoms with van der Waals surface area (Å²) in [5.41, 5.74) is 9.66. The van der Waals surface area contributed by atoms with Crippen molar-refractivity contribution < 1.29 is 4.42 Å². The van der Waals surface area contributed by atoms with Gasteiger partial charge >= 0.3 is 0 Å². The van der Waals surface area contributed by atoms with Crippen LogP contribution in [0.15, 0.2) is 174 Å². The molecular formula is C45H28N2OS. The number of benzene rings is 7. The highest BCUT2D eigenvalue weighted by Gasteiger charge is 2.21. The van der Waals surface area contributed by atoms with Gasteiger partial charge < -0.3 is 9.32 Å². The van der Waals surface area contributed by atoms with Crippen molar-refractivity contribution in [2.75, 3.05) is 4.90 Å². The van der Waals surface area contributed by atoms with E-state index >= 15 is 0 Å². The minimum atomic E-state index is 0.907. The molecule has 230 valence electrons. The molecule has 0 spiro atoms. The topological polar surface area (TPSA) is 29.3 Å². The van der Waals surface area contributed by atoms with Crippen molar-refractivity contribution >= 4 is 81.4 Å². The summed E-state index contributed by atoms with van der Waals surface area (Å²) >= 11 is 1.77. The van der Waals surface area contributed by atoms with Crippen LogP contribution in [-0.4, -0.2) is 4.98 Å². The molecule has 49 heavy (non-hydrogen) atoms. The summed E-state index contributed by atoms with van der Waals surface area (Å²) in [7, 11) is 0. The molecule has 0 radical (unpaired) electrons. The zero-order chi connectivity index (χ0) is 32.3. The number of fused-ring (bicyclic) bond motifs is 8. The fraction of sp³-hybridized carbons (Fsp3) is 0. The monoisotopic (exact) mass is 644 g/mol. The van der Waals surface area contributed by atoms with E-state index in [-0.39, 0.29) is 0 Å². The van der Waals surface area contributed by atoms with Crippen LogP contribution in [-0.2, 0) is 0 Å². The molecule has 0 atom stereocenters. The van der Waals surface area contributed by atoms with E-state index in [1.165, 1.54) is 32.0 Å². The number of nitrogens with zero attached hydrogens (tertiary/aromatic N) is 2. The molecule has 3 nitrogen and oxygen atoms in total. The predicted molar refractivity (Wildman–Crippen MR) is 207 cm³/mol. The summed E-state index contributed by atoms with van der Waals surface area (Å²) in [6.07, 6.45) is 1.94. The summed E-state index contributed by atoms with van der Waals surface area (Å²) in [6, 6.07) is 58.2. The molecule has 0 N–H and O–H groups in total. The Morgan fingerprint density at radius 1 is 0.490 bits per heavy atom. The Hall–Kier alpha value is -6.23. The molecule has 0 unspecified atom stereocenters. The first-order valence-electron chi connectivity index (χ1n) is 16.5. The number of hydrogen-bond acceptors (Lipinski definition) is 4. The Labute approximate surface area is 286 Å². The lowest BCUT2D eigenvalue weighted by Crippen LogP contribution is -2.10. The molecule has 10 aromatic rings. The van der Waals surface area contributed by atoms with Gasteiger partial charge in [-0.3, -0.25) is 0 Å². The maximum Gasteiger partial charge on any atom is 0.143 e. The van der Waals surface area contributed by atoms with E-state index < -0.39 is 0 Å². The zero-order valence-electron chi connectivity index (χ0n) is 26.4. The second-order valence-electron chi connectivity index (χ2n) is 12.4. The van der Waals surface area contributed by atoms with Crippen molar-refractivity contribution in [1.82, 2.24) is 4.98 Å². The Kier molecular flexibility index (Phi) is 6.36. The van der Waals surface area contributed by atoms with E-state index in [2.05, 4.69) is 157 Å². The third-order valence-electron chi connectivity index (χ3n) is 9.56. The standard InChI is InChI=1S/C45H28N2OS/c1-2-9-29(10-3-1)30-17-22-33(23-18-30)47(40-27-28-46-45-42(40)39-26-21-31-11-4-5-12-36(31)44(39)49-45)34-24-19-32(20-25-34)35-14-8-15-38-37-13-6-7-16-41(37)48-43(35)38/h1-28H. The van der Waals surface area contributed by atoms with Crippen molar-refractivity contribution in [2.45, 2.75) is 0 Å². The van der Waals surface area contributed by atoms with Gasteiger partial charge in [0.05, 0.1) is 5.69 Å². The highest BCUT2D eigenvalue weighted by Crippen LogP contribution is 2.46. The third-order valence-corrected chi connectivity index (χ3v) is 10.7. The van der Waals surface area contributed by atoms with Gasteiger partial charge in [-0.2, -0.15) is 0 Å². The van der Waals surface area contributed by atoms with Crippen LogP contribution < -0.4 is 4.90 Å². The molecule has 4 heteroatoms. The van der Waals surface area contributed by atoms with Gasteiger partial charge in [-0.15, -0.1) is 11.3 Å². The van der Waals surface area contributed by atoms with Gasteiger partial charge in [-0.25, -0.2) is 4.98 Å². The van der Waals surface area contributed by atoms with E-state index in [9.17, 15) is 0 Å². The van der Waals surface area contributed by atoms with Crippen LogP contribution in [0, 0.1) is 0 Å². The summed E-state index contributed by atoms with van der Waals surface area (Å²) in [5.74, 6) is 0. The van der Waals surface area contributed by atoms with Crippen LogP contribution in [0.3, 0.4) is 0 Å². The first-order chi connectivity index (χ1) is 24.3. The summed E-state index contributed by atoms with van der Waals surface area (Å²) in [5, 5.41) is 7.16. The lowest BCUT2D eigenvalue weighted by molar-refractivity contribution is 0.670. The SMILES string of the molecule is c1ccc(-c2ccc(N(c3ccc(-c4cccc5c4oc4ccccc45)cc3)c3ccnc4sc5c6ccccc6ccc5c34)cc2)cc1. The minimum Gasteiger partial charge on any atom is -0.455 e. The van der Waals surface area contributed by atoms with Crippen LogP contribution >= 0.6 is 11.3 Å². The Morgan fingerprint density at radius 2 is 1.16 bits per heavy atom. The summed E-state index contributed by atoms with van der Waals surface area (Å²) in [6.45, 7) is 0. The van der Waals surface area contributed by atoms with Crippen LogP contribution in [0.25, 0.3) is 75.3 Å². The Balaban J connectivity index is 1.15. The normalized spacial score (nSPS) is 11.7. The van der Waals surface area contributed by atoms with Crippen LogP contribution in [0.1, 0.15) is 0 Å². The van der Waals surface area contributed by atoms with Crippen molar-refractivity contribution in [1.29, 1.82) is 0 Å². The van der Waals surface area contributed by atoms with Crippen molar-refractivity contribution in [3.8, 4) is 22.3 Å². The number of thiophene rings is 1. The van der Waals surface area contributed by atoms with Gasteiger partial charge in [0.25, 0.3) is 0 Å². The molecule has 0 aliphatic carbocycles. The number of anilines is 3. The van der Waals surface area contributed by atoms with E-state index in [0.717, 1.165) is 60.3 Å². The number of hydrogen-bond donors (Lipinski definition) is 0. The highest BCUT2D eigenvalue weighted by molar-refractivity contribution is 7.26. The molecular weight excluding hydrogens is 617 g/mol. The number of para-hydroxylation sites is 2.